The second-order valence-electron chi connectivity index (χ2n) is 5.21. The number of nitrogens with zero attached hydrogens (tertiary/aromatic N) is 2. The lowest BCUT2D eigenvalue weighted by atomic mass is 10.1. The lowest BCUT2D eigenvalue weighted by Gasteiger charge is -2.18. The molecule has 114 valence electrons. The molecule has 0 aromatic carbocycles. The molecule has 21 heavy (non-hydrogen) atoms. The normalized spacial score (nSPS) is 12.1. The van der Waals surface area contributed by atoms with E-state index in [9.17, 15) is 0 Å². The molecule has 2 heterocycles. The number of aliphatic hydroxyl groups excluding tert-OH is 1. The van der Waals surface area contributed by atoms with Gasteiger partial charge in [0.05, 0.1) is 24.8 Å². The molecule has 1 unspecified atom stereocenters. The van der Waals surface area contributed by atoms with Crippen molar-refractivity contribution >= 4 is 11.5 Å². The summed E-state index contributed by atoms with van der Waals surface area (Å²) in [5.74, 6) is 1.88. The van der Waals surface area contributed by atoms with E-state index in [1.807, 2.05) is 42.4 Å². The molecule has 0 saturated carbocycles. The molecule has 0 bridgehead atoms. The molecule has 0 amide bonds. The number of likely N-dealkylation sites (N-methyl/N-ethyl adjacent to an activating group) is 1. The van der Waals surface area contributed by atoms with Crippen molar-refractivity contribution < 1.29 is 9.52 Å². The van der Waals surface area contributed by atoms with Crippen LogP contribution in [0.2, 0.25) is 0 Å². The SMILES string of the molecule is CC(CCc1ccco1)Nc1ccc(N(C)CCO)cn1. The maximum Gasteiger partial charge on any atom is 0.126 e. The summed E-state index contributed by atoms with van der Waals surface area (Å²) in [7, 11) is 1.94. The number of pyridine rings is 1. The second kappa shape index (κ2) is 7.69. The first-order chi connectivity index (χ1) is 10.2. The van der Waals surface area contributed by atoms with Crippen LogP contribution in [0, 0.1) is 0 Å². The van der Waals surface area contributed by atoms with Gasteiger partial charge in [-0.15, -0.1) is 0 Å². The molecule has 5 nitrogen and oxygen atoms in total. The second-order valence-corrected chi connectivity index (χ2v) is 5.21. The number of hydrogen-bond donors (Lipinski definition) is 2. The summed E-state index contributed by atoms with van der Waals surface area (Å²) >= 11 is 0. The Balaban J connectivity index is 1.82. The molecule has 0 aliphatic carbocycles. The number of aryl methyl sites for hydroxylation is 1. The minimum atomic E-state index is 0.139. The largest absolute Gasteiger partial charge is 0.469 e. The van der Waals surface area contributed by atoms with Gasteiger partial charge in [-0.25, -0.2) is 4.98 Å². The maximum atomic E-state index is 8.93. The van der Waals surface area contributed by atoms with Crippen molar-refractivity contribution in [3.05, 3.63) is 42.5 Å². The fourth-order valence-corrected chi connectivity index (χ4v) is 2.11. The summed E-state index contributed by atoms with van der Waals surface area (Å²) < 4.78 is 5.33. The summed E-state index contributed by atoms with van der Waals surface area (Å²) in [6.45, 7) is 2.88. The van der Waals surface area contributed by atoms with E-state index in [1.165, 1.54) is 0 Å². The van der Waals surface area contributed by atoms with Gasteiger partial charge in [0, 0.05) is 26.1 Å². The van der Waals surface area contributed by atoms with E-state index < -0.39 is 0 Å². The molecule has 2 aromatic rings. The van der Waals surface area contributed by atoms with Crippen molar-refractivity contribution in [3.8, 4) is 0 Å². The Morgan fingerprint density at radius 3 is 2.86 bits per heavy atom. The van der Waals surface area contributed by atoms with Gasteiger partial charge in [0.2, 0.25) is 0 Å². The number of aromatic nitrogens is 1. The molecule has 0 fully saturated rings. The summed E-state index contributed by atoms with van der Waals surface area (Å²) in [4.78, 5) is 6.38. The van der Waals surface area contributed by atoms with Gasteiger partial charge < -0.3 is 19.7 Å². The van der Waals surface area contributed by atoms with Crippen molar-refractivity contribution in [2.24, 2.45) is 0 Å². The topological polar surface area (TPSA) is 61.5 Å². The Kier molecular flexibility index (Phi) is 5.63. The highest BCUT2D eigenvalue weighted by Crippen LogP contribution is 2.15. The Hall–Kier alpha value is -2.01. The fourth-order valence-electron chi connectivity index (χ4n) is 2.11. The predicted octanol–water partition coefficient (Wildman–Crippen LogP) is 2.54. The van der Waals surface area contributed by atoms with Gasteiger partial charge in [0.15, 0.2) is 0 Å². The van der Waals surface area contributed by atoms with Crippen LogP contribution in [-0.2, 0) is 6.42 Å². The fraction of sp³-hybridized carbons (Fsp3) is 0.438. The Morgan fingerprint density at radius 1 is 1.38 bits per heavy atom. The smallest absolute Gasteiger partial charge is 0.126 e. The summed E-state index contributed by atoms with van der Waals surface area (Å²) in [6.07, 6.45) is 5.42. The van der Waals surface area contributed by atoms with E-state index in [0.29, 0.717) is 12.6 Å². The zero-order chi connectivity index (χ0) is 15.1. The molecule has 0 radical (unpaired) electrons. The lowest BCUT2D eigenvalue weighted by molar-refractivity contribution is 0.304. The lowest BCUT2D eigenvalue weighted by Crippen LogP contribution is -2.21. The van der Waals surface area contributed by atoms with Gasteiger partial charge in [-0.2, -0.15) is 0 Å². The van der Waals surface area contributed by atoms with Crippen molar-refractivity contribution in [1.82, 2.24) is 4.98 Å². The first-order valence-electron chi connectivity index (χ1n) is 7.26. The van der Waals surface area contributed by atoms with E-state index in [0.717, 1.165) is 30.1 Å². The molecule has 0 aliphatic rings. The standard InChI is InChI=1S/C16H23N3O2/c1-13(5-7-15-4-3-11-21-15)18-16-8-6-14(12-17-16)19(2)9-10-20/h3-4,6,8,11-13,20H,5,7,9-10H2,1-2H3,(H,17,18). The van der Waals surface area contributed by atoms with Gasteiger partial charge in [-0.05, 0) is 37.6 Å². The first-order valence-corrected chi connectivity index (χ1v) is 7.26. The van der Waals surface area contributed by atoms with Crippen LogP contribution in [0.5, 0.6) is 0 Å². The van der Waals surface area contributed by atoms with Crippen LogP contribution >= 0.6 is 0 Å². The number of nitrogens with one attached hydrogen (secondary N) is 1. The van der Waals surface area contributed by atoms with Crippen LogP contribution in [0.1, 0.15) is 19.1 Å². The number of anilines is 2. The molecule has 0 saturated heterocycles. The highest BCUT2D eigenvalue weighted by atomic mass is 16.3. The first kappa shape index (κ1) is 15.4. The Labute approximate surface area is 125 Å². The van der Waals surface area contributed by atoms with Gasteiger partial charge in [-0.1, -0.05) is 0 Å². The van der Waals surface area contributed by atoms with Crippen molar-refractivity contribution in [1.29, 1.82) is 0 Å². The van der Waals surface area contributed by atoms with Crippen LogP contribution in [0.3, 0.4) is 0 Å². The molecule has 2 rings (SSSR count). The van der Waals surface area contributed by atoms with Crippen LogP contribution < -0.4 is 10.2 Å². The van der Waals surface area contributed by atoms with E-state index in [1.54, 1.807) is 6.26 Å². The molecule has 2 aromatic heterocycles. The third-order valence-corrected chi connectivity index (χ3v) is 3.42. The van der Waals surface area contributed by atoms with Gasteiger partial charge in [0.1, 0.15) is 11.6 Å². The van der Waals surface area contributed by atoms with Gasteiger partial charge in [-0.3, -0.25) is 0 Å². The highest BCUT2D eigenvalue weighted by Gasteiger charge is 2.06. The predicted molar refractivity (Wildman–Crippen MR) is 84.7 cm³/mol. The van der Waals surface area contributed by atoms with E-state index >= 15 is 0 Å². The van der Waals surface area contributed by atoms with Crippen molar-refractivity contribution in [2.45, 2.75) is 25.8 Å². The zero-order valence-electron chi connectivity index (χ0n) is 12.6. The quantitative estimate of drug-likeness (QED) is 0.782. The van der Waals surface area contributed by atoms with Crippen molar-refractivity contribution in [2.75, 3.05) is 30.4 Å². The Morgan fingerprint density at radius 2 is 2.24 bits per heavy atom. The molecular weight excluding hydrogens is 266 g/mol. The van der Waals surface area contributed by atoms with Crippen LogP contribution in [0.4, 0.5) is 11.5 Å². The average molecular weight is 289 g/mol. The van der Waals surface area contributed by atoms with Crippen LogP contribution in [0.25, 0.3) is 0 Å². The maximum absolute atomic E-state index is 8.93. The number of aliphatic hydroxyl groups is 1. The zero-order valence-corrected chi connectivity index (χ0v) is 12.6. The number of hydrogen-bond acceptors (Lipinski definition) is 5. The number of rotatable bonds is 8. The third kappa shape index (κ3) is 4.79. The van der Waals surface area contributed by atoms with E-state index in [-0.39, 0.29) is 6.61 Å². The van der Waals surface area contributed by atoms with Crippen LogP contribution in [0.15, 0.2) is 41.1 Å². The van der Waals surface area contributed by atoms with Crippen molar-refractivity contribution in [3.63, 3.8) is 0 Å². The third-order valence-electron chi connectivity index (χ3n) is 3.42. The summed E-state index contributed by atoms with van der Waals surface area (Å²) in [5.41, 5.74) is 0.998. The molecular formula is C16H23N3O2. The highest BCUT2D eigenvalue weighted by molar-refractivity contribution is 5.49. The van der Waals surface area contributed by atoms with Crippen LogP contribution in [-0.4, -0.2) is 36.3 Å². The van der Waals surface area contributed by atoms with Gasteiger partial charge in [0.25, 0.3) is 0 Å². The minimum absolute atomic E-state index is 0.139. The number of furan rings is 1. The monoisotopic (exact) mass is 289 g/mol. The molecule has 5 heteroatoms. The minimum Gasteiger partial charge on any atom is -0.469 e. The summed E-state index contributed by atoms with van der Waals surface area (Å²) in [5, 5.41) is 12.3. The molecule has 0 spiro atoms. The van der Waals surface area contributed by atoms with Gasteiger partial charge >= 0.3 is 0 Å². The molecule has 1 atom stereocenters. The van der Waals surface area contributed by atoms with E-state index in [4.69, 9.17) is 9.52 Å². The molecule has 2 N–H and O–H groups in total. The Bertz CT molecular complexity index is 511. The summed E-state index contributed by atoms with van der Waals surface area (Å²) in [6, 6.07) is 8.20. The molecule has 0 aliphatic heterocycles. The average Bonchev–Trinajstić information content (AvgIpc) is 2.99. The van der Waals surface area contributed by atoms with E-state index in [2.05, 4.69) is 17.2 Å².